The molecule has 0 amide bonds. The summed E-state index contributed by atoms with van der Waals surface area (Å²) >= 11 is 6.13. The summed E-state index contributed by atoms with van der Waals surface area (Å²) in [5.74, 6) is 1.37. The van der Waals surface area contributed by atoms with Crippen molar-refractivity contribution in [2.75, 3.05) is 10.6 Å². The van der Waals surface area contributed by atoms with E-state index < -0.39 is 0 Å². The van der Waals surface area contributed by atoms with Crippen LogP contribution >= 0.6 is 11.6 Å². The molecule has 1 aromatic carbocycles. The number of halogens is 1. The summed E-state index contributed by atoms with van der Waals surface area (Å²) in [6.45, 7) is 2.03. The molecular weight excluding hydrogens is 334 g/mol. The van der Waals surface area contributed by atoms with Gasteiger partial charge in [-0.05, 0) is 49.6 Å². The lowest BCUT2D eigenvalue weighted by molar-refractivity contribution is 1.06. The predicted octanol–water partition coefficient (Wildman–Crippen LogP) is 4.82. The average Bonchev–Trinajstić information content (AvgIpc) is 3.43. The number of benzene rings is 1. The highest BCUT2D eigenvalue weighted by atomic mass is 35.5. The van der Waals surface area contributed by atoms with Gasteiger partial charge < -0.3 is 10.6 Å². The van der Waals surface area contributed by atoms with Gasteiger partial charge in [0.1, 0.15) is 5.82 Å². The molecule has 0 spiro atoms. The van der Waals surface area contributed by atoms with Crippen LogP contribution in [0, 0.1) is 6.92 Å². The first-order chi connectivity index (χ1) is 12.2. The molecule has 1 aliphatic rings. The molecule has 3 aromatic rings. The van der Waals surface area contributed by atoms with Crippen LogP contribution in [0.25, 0.3) is 11.3 Å². The van der Waals surface area contributed by atoms with E-state index in [1.165, 1.54) is 12.8 Å². The zero-order chi connectivity index (χ0) is 17.2. The Balaban J connectivity index is 1.71. The molecular formula is C19H18ClN5. The van der Waals surface area contributed by atoms with Gasteiger partial charge in [0.2, 0.25) is 5.95 Å². The number of aryl methyl sites for hydroxylation is 1. The number of hydrogen-bond acceptors (Lipinski definition) is 5. The second-order valence-electron chi connectivity index (χ2n) is 6.20. The van der Waals surface area contributed by atoms with E-state index in [1.54, 1.807) is 12.4 Å². The standard InChI is InChI=1S/C19H18ClN5/c1-12-2-3-14(20)10-16(12)23-18-11-17(13-6-8-21-9-7-13)24-19(25-18)22-15-4-5-15/h2-3,6-11,15H,4-5H2,1H3,(H2,22,23,24,25). The van der Waals surface area contributed by atoms with Crippen molar-refractivity contribution in [3.05, 3.63) is 59.4 Å². The topological polar surface area (TPSA) is 62.7 Å². The zero-order valence-corrected chi connectivity index (χ0v) is 14.6. The molecule has 1 aliphatic carbocycles. The molecule has 2 heterocycles. The Morgan fingerprint density at radius 3 is 2.60 bits per heavy atom. The molecule has 0 saturated heterocycles. The van der Waals surface area contributed by atoms with E-state index in [0.717, 1.165) is 28.3 Å². The minimum Gasteiger partial charge on any atom is -0.351 e. The van der Waals surface area contributed by atoms with Gasteiger partial charge in [-0.2, -0.15) is 4.98 Å². The quantitative estimate of drug-likeness (QED) is 0.690. The van der Waals surface area contributed by atoms with E-state index in [9.17, 15) is 0 Å². The van der Waals surface area contributed by atoms with E-state index >= 15 is 0 Å². The Hall–Kier alpha value is -2.66. The highest BCUT2D eigenvalue weighted by molar-refractivity contribution is 6.30. The van der Waals surface area contributed by atoms with Crippen LogP contribution in [0.2, 0.25) is 5.02 Å². The van der Waals surface area contributed by atoms with Crippen LogP contribution in [0.3, 0.4) is 0 Å². The molecule has 0 unspecified atom stereocenters. The van der Waals surface area contributed by atoms with Gasteiger partial charge in [-0.15, -0.1) is 0 Å². The SMILES string of the molecule is Cc1ccc(Cl)cc1Nc1cc(-c2ccncc2)nc(NC2CC2)n1. The third-order valence-electron chi connectivity index (χ3n) is 4.08. The number of aromatic nitrogens is 3. The number of nitrogens with zero attached hydrogens (tertiary/aromatic N) is 3. The van der Waals surface area contributed by atoms with Crippen molar-refractivity contribution in [2.45, 2.75) is 25.8 Å². The molecule has 0 radical (unpaired) electrons. The summed E-state index contributed by atoms with van der Waals surface area (Å²) in [5, 5.41) is 7.43. The molecule has 0 bridgehead atoms. The first-order valence-electron chi connectivity index (χ1n) is 8.26. The fourth-order valence-electron chi connectivity index (χ4n) is 2.52. The molecule has 0 aliphatic heterocycles. The lowest BCUT2D eigenvalue weighted by atomic mass is 10.2. The van der Waals surface area contributed by atoms with E-state index in [4.69, 9.17) is 11.6 Å². The molecule has 1 fully saturated rings. The third-order valence-corrected chi connectivity index (χ3v) is 4.31. The van der Waals surface area contributed by atoms with E-state index in [-0.39, 0.29) is 0 Å². The van der Waals surface area contributed by atoms with Gasteiger partial charge in [-0.3, -0.25) is 4.98 Å². The van der Waals surface area contributed by atoms with Gasteiger partial charge in [-0.1, -0.05) is 17.7 Å². The van der Waals surface area contributed by atoms with Gasteiger partial charge in [0.05, 0.1) is 5.69 Å². The fourth-order valence-corrected chi connectivity index (χ4v) is 2.70. The molecule has 4 rings (SSSR count). The van der Waals surface area contributed by atoms with Crippen LogP contribution in [0.1, 0.15) is 18.4 Å². The smallest absolute Gasteiger partial charge is 0.225 e. The van der Waals surface area contributed by atoms with Gasteiger partial charge in [0.25, 0.3) is 0 Å². The second kappa shape index (κ2) is 6.69. The van der Waals surface area contributed by atoms with Crippen molar-refractivity contribution in [2.24, 2.45) is 0 Å². The molecule has 1 saturated carbocycles. The van der Waals surface area contributed by atoms with E-state index in [1.807, 2.05) is 43.3 Å². The number of anilines is 3. The van der Waals surface area contributed by atoms with Crippen molar-refractivity contribution in [1.82, 2.24) is 15.0 Å². The minimum absolute atomic E-state index is 0.480. The second-order valence-corrected chi connectivity index (χ2v) is 6.64. The minimum atomic E-state index is 0.480. The van der Waals surface area contributed by atoms with E-state index in [0.29, 0.717) is 17.0 Å². The highest BCUT2D eigenvalue weighted by Gasteiger charge is 2.22. The normalized spacial score (nSPS) is 13.5. The summed E-state index contributed by atoms with van der Waals surface area (Å²) in [5.41, 5.74) is 3.89. The van der Waals surface area contributed by atoms with Gasteiger partial charge in [0.15, 0.2) is 0 Å². The van der Waals surface area contributed by atoms with Crippen LogP contribution in [0.4, 0.5) is 17.5 Å². The molecule has 6 heteroatoms. The number of nitrogens with one attached hydrogen (secondary N) is 2. The maximum absolute atomic E-state index is 6.13. The Labute approximate surface area is 151 Å². The number of pyridine rings is 1. The van der Waals surface area contributed by atoms with Crippen LogP contribution in [-0.4, -0.2) is 21.0 Å². The summed E-state index contributed by atoms with van der Waals surface area (Å²) in [6.07, 6.45) is 5.86. The van der Waals surface area contributed by atoms with Crippen LogP contribution < -0.4 is 10.6 Å². The predicted molar refractivity (Wildman–Crippen MR) is 101 cm³/mol. The van der Waals surface area contributed by atoms with Crippen molar-refractivity contribution < 1.29 is 0 Å². The number of hydrogen-bond donors (Lipinski definition) is 2. The van der Waals surface area contributed by atoms with Crippen molar-refractivity contribution in [1.29, 1.82) is 0 Å². The Morgan fingerprint density at radius 2 is 1.84 bits per heavy atom. The summed E-state index contributed by atoms with van der Waals surface area (Å²) in [4.78, 5) is 13.3. The lowest BCUT2D eigenvalue weighted by Gasteiger charge is -2.13. The molecule has 126 valence electrons. The van der Waals surface area contributed by atoms with Crippen LogP contribution in [-0.2, 0) is 0 Å². The van der Waals surface area contributed by atoms with Gasteiger partial charge >= 0.3 is 0 Å². The number of rotatable bonds is 5. The molecule has 2 N–H and O–H groups in total. The lowest BCUT2D eigenvalue weighted by Crippen LogP contribution is -2.08. The Bertz CT molecular complexity index is 894. The average molecular weight is 352 g/mol. The third kappa shape index (κ3) is 3.88. The zero-order valence-electron chi connectivity index (χ0n) is 13.8. The van der Waals surface area contributed by atoms with Gasteiger partial charge in [0, 0.05) is 40.8 Å². The van der Waals surface area contributed by atoms with Crippen molar-refractivity contribution >= 4 is 29.1 Å². The van der Waals surface area contributed by atoms with Gasteiger partial charge in [-0.25, -0.2) is 4.98 Å². The Morgan fingerprint density at radius 1 is 1.04 bits per heavy atom. The fraction of sp³-hybridized carbons (Fsp3) is 0.211. The largest absolute Gasteiger partial charge is 0.351 e. The first kappa shape index (κ1) is 15.8. The van der Waals surface area contributed by atoms with Crippen LogP contribution in [0.5, 0.6) is 0 Å². The molecule has 2 aromatic heterocycles. The first-order valence-corrected chi connectivity index (χ1v) is 8.64. The van der Waals surface area contributed by atoms with Crippen molar-refractivity contribution in [3.8, 4) is 11.3 Å². The maximum Gasteiger partial charge on any atom is 0.225 e. The Kier molecular flexibility index (Phi) is 4.24. The van der Waals surface area contributed by atoms with Crippen LogP contribution in [0.15, 0.2) is 48.8 Å². The van der Waals surface area contributed by atoms with Crippen molar-refractivity contribution in [3.63, 3.8) is 0 Å². The maximum atomic E-state index is 6.13. The summed E-state index contributed by atoms with van der Waals surface area (Å²) in [6, 6.07) is 12.1. The highest BCUT2D eigenvalue weighted by Crippen LogP contribution is 2.28. The summed E-state index contributed by atoms with van der Waals surface area (Å²) < 4.78 is 0. The molecule has 5 nitrogen and oxygen atoms in total. The molecule has 0 atom stereocenters. The summed E-state index contributed by atoms with van der Waals surface area (Å²) in [7, 11) is 0. The monoisotopic (exact) mass is 351 g/mol. The molecule has 25 heavy (non-hydrogen) atoms. The van der Waals surface area contributed by atoms with E-state index in [2.05, 4.69) is 25.6 Å².